The number of aromatic nitrogens is 3. The van der Waals surface area contributed by atoms with Gasteiger partial charge in [0, 0.05) is 37.2 Å². The quantitative estimate of drug-likeness (QED) is 0.410. The van der Waals surface area contributed by atoms with Crippen molar-refractivity contribution in [1.29, 1.82) is 0 Å². The van der Waals surface area contributed by atoms with Crippen LogP contribution in [-0.2, 0) is 16.1 Å². The molecule has 1 aliphatic heterocycles. The molecule has 0 aliphatic carbocycles. The molecule has 10 heteroatoms. The Morgan fingerprint density at radius 1 is 1.22 bits per heavy atom. The van der Waals surface area contributed by atoms with Crippen LogP contribution >= 0.6 is 11.3 Å². The average Bonchev–Trinajstić information content (AvgIpc) is 3.66. The molecule has 2 aromatic heterocycles. The number of carbonyl (C=O) groups is 2. The van der Waals surface area contributed by atoms with Gasteiger partial charge >= 0.3 is 0 Å². The van der Waals surface area contributed by atoms with Crippen LogP contribution in [0, 0.1) is 11.8 Å². The van der Waals surface area contributed by atoms with E-state index in [1.807, 2.05) is 64.4 Å². The van der Waals surface area contributed by atoms with Gasteiger partial charge in [-0.3, -0.25) is 14.3 Å². The monoisotopic (exact) mass is 529 g/mol. The van der Waals surface area contributed by atoms with Crippen molar-refractivity contribution in [3.05, 3.63) is 35.5 Å². The van der Waals surface area contributed by atoms with Gasteiger partial charge in [0.25, 0.3) is 0 Å². The Morgan fingerprint density at radius 2 is 1.95 bits per heavy atom. The fraction of sp³-hybridized carbons (Fsp3) is 0.556. The summed E-state index contributed by atoms with van der Waals surface area (Å²) in [7, 11) is 0. The number of fused-ring (bicyclic) bond motifs is 1. The zero-order valence-electron chi connectivity index (χ0n) is 22.5. The molecule has 202 valence electrons. The molecule has 3 aromatic rings. The SMILES string of the molecule is CC.CCn1nccc1-c1ccc(C(CO)NC(=O)C2CC(O)CN2C(=O)C(C)C(C)C)c2scnc12. The molecule has 4 unspecified atom stereocenters. The fourth-order valence-electron chi connectivity index (χ4n) is 4.61. The average molecular weight is 530 g/mol. The zero-order valence-corrected chi connectivity index (χ0v) is 23.3. The molecule has 0 saturated carbocycles. The Bertz CT molecular complexity index is 1210. The number of aliphatic hydroxyl groups is 2. The molecule has 4 rings (SSSR count). The molecule has 0 spiro atoms. The first-order valence-electron chi connectivity index (χ1n) is 13.0. The number of hydrogen-bond acceptors (Lipinski definition) is 7. The second kappa shape index (κ2) is 12.6. The lowest BCUT2D eigenvalue weighted by atomic mass is 9.96. The van der Waals surface area contributed by atoms with E-state index in [1.165, 1.54) is 16.2 Å². The molecular weight excluding hydrogens is 490 g/mol. The zero-order chi connectivity index (χ0) is 27.3. The van der Waals surface area contributed by atoms with E-state index in [9.17, 15) is 19.8 Å². The number of rotatable bonds is 8. The Balaban J connectivity index is 0.00000186. The van der Waals surface area contributed by atoms with Crippen LogP contribution in [0.3, 0.4) is 0 Å². The molecule has 3 heterocycles. The summed E-state index contributed by atoms with van der Waals surface area (Å²) in [4.78, 5) is 32.3. The number of β-amino-alcohol motifs (C(OH)–C–C–N with tert-alkyl or cyclic N) is 1. The van der Waals surface area contributed by atoms with Crippen LogP contribution in [0.1, 0.15) is 59.6 Å². The normalized spacial score (nSPS) is 19.0. The van der Waals surface area contributed by atoms with Crippen LogP contribution in [0.25, 0.3) is 21.5 Å². The number of aliphatic hydroxyl groups excluding tert-OH is 2. The third-order valence-corrected chi connectivity index (χ3v) is 7.81. The Hall–Kier alpha value is -2.82. The molecule has 9 nitrogen and oxygen atoms in total. The van der Waals surface area contributed by atoms with Crippen LogP contribution in [0.4, 0.5) is 0 Å². The number of hydrogen-bond donors (Lipinski definition) is 3. The summed E-state index contributed by atoms with van der Waals surface area (Å²) in [6.45, 7) is 12.3. The molecule has 0 bridgehead atoms. The van der Waals surface area contributed by atoms with E-state index in [1.54, 1.807) is 11.7 Å². The van der Waals surface area contributed by atoms with Crippen molar-refractivity contribution in [2.24, 2.45) is 11.8 Å². The van der Waals surface area contributed by atoms with Gasteiger partial charge in [-0.2, -0.15) is 5.10 Å². The maximum absolute atomic E-state index is 13.3. The lowest BCUT2D eigenvalue weighted by molar-refractivity contribution is -0.142. The van der Waals surface area contributed by atoms with Gasteiger partial charge < -0.3 is 20.4 Å². The second-order valence-corrected chi connectivity index (χ2v) is 10.3. The molecule has 4 atom stereocenters. The van der Waals surface area contributed by atoms with Crippen molar-refractivity contribution < 1.29 is 19.8 Å². The van der Waals surface area contributed by atoms with Crippen molar-refractivity contribution in [3.8, 4) is 11.3 Å². The fourth-order valence-corrected chi connectivity index (χ4v) is 5.49. The van der Waals surface area contributed by atoms with E-state index in [0.29, 0.717) is 0 Å². The largest absolute Gasteiger partial charge is 0.394 e. The highest BCUT2D eigenvalue weighted by Gasteiger charge is 2.41. The maximum atomic E-state index is 13.3. The summed E-state index contributed by atoms with van der Waals surface area (Å²) in [5.74, 6) is -0.656. The highest BCUT2D eigenvalue weighted by Crippen LogP contribution is 2.35. The minimum atomic E-state index is -0.775. The van der Waals surface area contributed by atoms with Gasteiger partial charge in [-0.15, -0.1) is 11.3 Å². The van der Waals surface area contributed by atoms with Crippen LogP contribution in [0.15, 0.2) is 29.9 Å². The Labute approximate surface area is 222 Å². The molecule has 1 aromatic carbocycles. The predicted octanol–water partition coefficient (Wildman–Crippen LogP) is 3.61. The maximum Gasteiger partial charge on any atom is 0.243 e. The van der Waals surface area contributed by atoms with Gasteiger partial charge in [-0.1, -0.05) is 46.8 Å². The molecular formula is C27H39N5O4S. The number of nitrogens with one attached hydrogen (secondary N) is 1. The standard InChI is InChI=1S/C25H33N5O4S.C2H6/c1-5-30-20(8-9-27-30)18-7-6-17(23-22(18)26-13-35-23)19(12-31)28-24(33)21-10-16(32)11-29(21)25(34)15(4)14(2)3;1-2/h6-9,13-16,19,21,31-32H,5,10-12H2,1-4H3,(H,28,33);1-2H3. The molecule has 1 aliphatic rings. The molecule has 2 amide bonds. The lowest BCUT2D eigenvalue weighted by Crippen LogP contribution is -2.49. The smallest absolute Gasteiger partial charge is 0.243 e. The first-order valence-corrected chi connectivity index (χ1v) is 13.9. The van der Waals surface area contributed by atoms with Gasteiger partial charge in [-0.25, -0.2) is 4.98 Å². The number of nitrogens with zero attached hydrogens (tertiary/aromatic N) is 4. The van der Waals surface area contributed by atoms with Gasteiger partial charge in [0.05, 0.1) is 40.2 Å². The van der Waals surface area contributed by atoms with Crippen molar-refractivity contribution in [3.63, 3.8) is 0 Å². The van der Waals surface area contributed by atoms with E-state index >= 15 is 0 Å². The summed E-state index contributed by atoms with van der Waals surface area (Å²) in [5, 5.41) is 27.7. The number of aryl methyl sites for hydroxylation is 1. The number of likely N-dealkylation sites (tertiary alicyclic amines) is 1. The number of carbonyl (C=O) groups excluding carboxylic acids is 2. The first kappa shape index (κ1) is 28.7. The van der Waals surface area contributed by atoms with Crippen LogP contribution in [0.2, 0.25) is 0 Å². The van der Waals surface area contributed by atoms with Gasteiger partial charge in [0.15, 0.2) is 0 Å². The van der Waals surface area contributed by atoms with E-state index in [-0.39, 0.29) is 43.2 Å². The third-order valence-electron chi connectivity index (χ3n) is 6.94. The number of amides is 2. The second-order valence-electron chi connectivity index (χ2n) is 9.44. The molecule has 1 saturated heterocycles. The van der Waals surface area contributed by atoms with Gasteiger partial charge in [-0.05, 0) is 24.5 Å². The van der Waals surface area contributed by atoms with Crippen molar-refractivity contribution >= 4 is 33.4 Å². The summed E-state index contributed by atoms with van der Waals surface area (Å²) < 4.78 is 2.77. The molecule has 3 N–H and O–H groups in total. The summed E-state index contributed by atoms with van der Waals surface area (Å²) in [6.07, 6.45) is 1.18. The van der Waals surface area contributed by atoms with E-state index in [0.717, 1.165) is 33.6 Å². The third kappa shape index (κ3) is 5.86. The van der Waals surface area contributed by atoms with Gasteiger partial charge in [0.2, 0.25) is 11.8 Å². The Morgan fingerprint density at radius 3 is 2.59 bits per heavy atom. The lowest BCUT2D eigenvalue weighted by Gasteiger charge is -2.29. The van der Waals surface area contributed by atoms with Crippen molar-refractivity contribution in [1.82, 2.24) is 25.0 Å². The summed E-state index contributed by atoms with van der Waals surface area (Å²) >= 11 is 1.45. The molecule has 1 fully saturated rings. The number of benzene rings is 1. The van der Waals surface area contributed by atoms with Crippen molar-refractivity contribution in [2.45, 2.75) is 72.7 Å². The summed E-state index contributed by atoms with van der Waals surface area (Å²) in [6, 6.07) is 4.33. The highest BCUT2D eigenvalue weighted by atomic mass is 32.1. The topological polar surface area (TPSA) is 121 Å². The minimum Gasteiger partial charge on any atom is -0.394 e. The van der Waals surface area contributed by atoms with Crippen molar-refractivity contribution in [2.75, 3.05) is 13.2 Å². The minimum absolute atomic E-state index is 0.122. The van der Waals surface area contributed by atoms with E-state index < -0.39 is 18.2 Å². The van der Waals surface area contributed by atoms with Crippen LogP contribution < -0.4 is 5.32 Å². The molecule has 37 heavy (non-hydrogen) atoms. The first-order chi connectivity index (χ1) is 17.8. The predicted molar refractivity (Wildman–Crippen MR) is 146 cm³/mol. The summed E-state index contributed by atoms with van der Waals surface area (Å²) in [5.41, 5.74) is 5.19. The van der Waals surface area contributed by atoms with Crippen LogP contribution in [0.5, 0.6) is 0 Å². The van der Waals surface area contributed by atoms with E-state index in [2.05, 4.69) is 15.4 Å². The molecule has 0 radical (unpaired) electrons. The number of thiazole rings is 1. The van der Waals surface area contributed by atoms with E-state index in [4.69, 9.17) is 0 Å². The van der Waals surface area contributed by atoms with Gasteiger partial charge in [0.1, 0.15) is 6.04 Å². The van der Waals surface area contributed by atoms with Crippen LogP contribution in [-0.4, -0.2) is 67.0 Å². The Kier molecular flexibility index (Phi) is 9.80. The highest BCUT2D eigenvalue weighted by molar-refractivity contribution is 7.17.